The summed E-state index contributed by atoms with van der Waals surface area (Å²) in [5.74, 6) is -0.669. The molecule has 0 N–H and O–H groups in total. The summed E-state index contributed by atoms with van der Waals surface area (Å²) in [6, 6.07) is 14.7. The molecular weight excluding hydrogens is 352 g/mol. The van der Waals surface area contributed by atoms with Crippen LogP contribution in [0.4, 0.5) is 0 Å². The zero-order valence-corrected chi connectivity index (χ0v) is 17.2. The lowest BCUT2D eigenvalue weighted by Gasteiger charge is -2.23. The molecule has 0 spiro atoms. The van der Waals surface area contributed by atoms with Gasteiger partial charge in [-0.3, -0.25) is 0 Å². The second-order valence-electron chi connectivity index (χ2n) is 7.23. The van der Waals surface area contributed by atoms with Gasteiger partial charge in [0, 0.05) is 6.42 Å². The third-order valence-electron chi connectivity index (χ3n) is 4.65. The summed E-state index contributed by atoms with van der Waals surface area (Å²) in [6.07, 6.45) is 2.20. The Kier molecular flexibility index (Phi) is 8.24. The summed E-state index contributed by atoms with van der Waals surface area (Å²) in [6.45, 7) is 7.90. The van der Waals surface area contributed by atoms with E-state index in [2.05, 4.69) is 0 Å². The average molecular weight is 383 g/mol. The Morgan fingerprint density at radius 1 is 0.821 bits per heavy atom. The standard InChI is InChI=1S/C24H30O4/c1-5-9-22(28-24(26)20-13-8-11-18(4)15-20)16-21(6-2)27-23(25)19-12-7-10-17(3)14-19/h7-8,10-15,21-22H,5-6,9,16H2,1-4H3. The van der Waals surface area contributed by atoms with Crippen molar-refractivity contribution in [3.63, 3.8) is 0 Å². The number of hydrogen-bond donors (Lipinski definition) is 0. The van der Waals surface area contributed by atoms with Gasteiger partial charge in [0.25, 0.3) is 0 Å². The Morgan fingerprint density at radius 3 is 1.75 bits per heavy atom. The first-order chi connectivity index (χ1) is 13.4. The minimum atomic E-state index is -0.337. The van der Waals surface area contributed by atoms with Gasteiger partial charge in [0.2, 0.25) is 0 Å². The van der Waals surface area contributed by atoms with Crippen LogP contribution < -0.4 is 0 Å². The molecule has 4 heteroatoms. The fraction of sp³-hybridized carbons (Fsp3) is 0.417. The average Bonchev–Trinajstić information content (AvgIpc) is 2.67. The predicted octanol–water partition coefficient (Wildman–Crippen LogP) is 5.65. The van der Waals surface area contributed by atoms with Gasteiger partial charge in [0.05, 0.1) is 11.1 Å². The summed E-state index contributed by atoms with van der Waals surface area (Å²) < 4.78 is 11.4. The molecule has 2 rings (SSSR count). The fourth-order valence-corrected chi connectivity index (χ4v) is 3.12. The normalized spacial score (nSPS) is 12.9. The molecular formula is C24H30O4. The number of benzene rings is 2. The summed E-state index contributed by atoms with van der Waals surface area (Å²) in [7, 11) is 0. The number of hydrogen-bond acceptors (Lipinski definition) is 4. The highest BCUT2D eigenvalue weighted by Crippen LogP contribution is 2.18. The SMILES string of the molecule is CCCC(CC(CC)OC(=O)c1cccc(C)c1)OC(=O)c1cccc(C)c1. The molecule has 0 aromatic heterocycles. The summed E-state index contributed by atoms with van der Waals surface area (Å²) in [5.41, 5.74) is 3.12. The molecule has 2 unspecified atom stereocenters. The molecule has 0 bridgehead atoms. The lowest BCUT2D eigenvalue weighted by Crippen LogP contribution is -2.27. The van der Waals surface area contributed by atoms with Crippen LogP contribution in [-0.2, 0) is 9.47 Å². The first-order valence-electron chi connectivity index (χ1n) is 9.98. The maximum absolute atomic E-state index is 12.5. The van der Waals surface area contributed by atoms with Gasteiger partial charge in [0.15, 0.2) is 0 Å². The topological polar surface area (TPSA) is 52.6 Å². The number of rotatable bonds is 9. The third-order valence-corrected chi connectivity index (χ3v) is 4.65. The predicted molar refractivity (Wildman–Crippen MR) is 111 cm³/mol. The number of aryl methyl sites for hydroxylation is 2. The van der Waals surface area contributed by atoms with Crippen molar-refractivity contribution in [1.29, 1.82) is 0 Å². The Balaban J connectivity index is 2.01. The number of carbonyl (C=O) groups is 2. The Morgan fingerprint density at radius 2 is 1.32 bits per heavy atom. The largest absolute Gasteiger partial charge is 0.459 e. The van der Waals surface area contributed by atoms with Crippen molar-refractivity contribution < 1.29 is 19.1 Å². The lowest BCUT2D eigenvalue weighted by atomic mass is 10.0. The first-order valence-corrected chi connectivity index (χ1v) is 9.98. The van der Waals surface area contributed by atoms with E-state index in [1.165, 1.54) is 0 Å². The van der Waals surface area contributed by atoms with Gasteiger partial charge >= 0.3 is 11.9 Å². The fourth-order valence-electron chi connectivity index (χ4n) is 3.12. The quantitative estimate of drug-likeness (QED) is 0.526. The minimum Gasteiger partial charge on any atom is -0.459 e. The number of carbonyl (C=O) groups excluding carboxylic acids is 2. The Bertz CT molecular complexity index is 797. The van der Waals surface area contributed by atoms with Crippen LogP contribution in [0.15, 0.2) is 48.5 Å². The van der Waals surface area contributed by atoms with Gasteiger partial charge in [-0.05, 0) is 51.0 Å². The summed E-state index contributed by atoms with van der Waals surface area (Å²) >= 11 is 0. The van der Waals surface area contributed by atoms with Gasteiger partial charge in [-0.2, -0.15) is 0 Å². The highest BCUT2D eigenvalue weighted by molar-refractivity contribution is 5.90. The van der Waals surface area contributed by atoms with Crippen LogP contribution in [0.2, 0.25) is 0 Å². The summed E-state index contributed by atoms with van der Waals surface area (Å²) in [5, 5.41) is 0. The van der Waals surface area contributed by atoms with Crippen LogP contribution >= 0.6 is 0 Å². The lowest BCUT2D eigenvalue weighted by molar-refractivity contribution is -0.00303. The van der Waals surface area contributed by atoms with Crippen molar-refractivity contribution in [1.82, 2.24) is 0 Å². The molecule has 0 fully saturated rings. The van der Waals surface area contributed by atoms with Crippen molar-refractivity contribution in [3.8, 4) is 0 Å². The summed E-state index contributed by atoms with van der Waals surface area (Å²) in [4.78, 5) is 25.0. The maximum Gasteiger partial charge on any atom is 0.338 e. The van der Waals surface area contributed by atoms with E-state index in [0.717, 1.165) is 24.0 Å². The van der Waals surface area contributed by atoms with Gasteiger partial charge in [-0.1, -0.05) is 55.7 Å². The molecule has 0 saturated heterocycles. The molecule has 0 saturated carbocycles. The molecule has 2 atom stereocenters. The molecule has 4 nitrogen and oxygen atoms in total. The van der Waals surface area contributed by atoms with E-state index in [9.17, 15) is 9.59 Å². The molecule has 0 aliphatic heterocycles. The van der Waals surface area contributed by atoms with Crippen LogP contribution in [0.25, 0.3) is 0 Å². The van der Waals surface area contributed by atoms with E-state index >= 15 is 0 Å². The zero-order chi connectivity index (χ0) is 20.5. The van der Waals surface area contributed by atoms with Crippen LogP contribution in [-0.4, -0.2) is 24.1 Å². The van der Waals surface area contributed by atoms with Crippen LogP contribution in [0, 0.1) is 13.8 Å². The minimum absolute atomic E-state index is 0.284. The molecule has 150 valence electrons. The van der Waals surface area contributed by atoms with Crippen LogP contribution in [0.3, 0.4) is 0 Å². The first kappa shape index (κ1) is 21.7. The van der Waals surface area contributed by atoms with Crippen molar-refractivity contribution >= 4 is 11.9 Å². The molecule has 2 aromatic carbocycles. The molecule has 2 aromatic rings. The molecule has 0 radical (unpaired) electrons. The Hall–Kier alpha value is -2.62. The second kappa shape index (κ2) is 10.6. The van der Waals surface area contributed by atoms with Gasteiger partial charge in [0.1, 0.15) is 12.2 Å². The number of ether oxygens (including phenoxy) is 2. The van der Waals surface area contributed by atoms with Gasteiger partial charge in [-0.15, -0.1) is 0 Å². The highest BCUT2D eigenvalue weighted by Gasteiger charge is 2.23. The van der Waals surface area contributed by atoms with E-state index < -0.39 is 0 Å². The smallest absolute Gasteiger partial charge is 0.338 e. The third kappa shape index (κ3) is 6.52. The van der Waals surface area contributed by atoms with Crippen molar-refractivity contribution in [2.75, 3.05) is 0 Å². The van der Waals surface area contributed by atoms with E-state index in [1.807, 2.05) is 64.1 Å². The second-order valence-corrected chi connectivity index (χ2v) is 7.23. The maximum atomic E-state index is 12.5. The van der Waals surface area contributed by atoms with E-state index in [-0.39, 0.29) is 24.1 Å². The van der Waals surface area contributed by atoms with Gasteiger partial charge in [-0.25, -0.2) is 9.59 Å². The van der Waals surface area contributed by atoms with E-state index in [0.29, 0.717) is 24.0 Å². The van der Waals surface area contributed by atoms with Crippen LogP contribution in [0.5, 0.6) is 0 Å². The monoisotopic (exact) mass is 382 g/mol. The molecule has 0 amide bonds. The molecule has 0 aliphatic rings. The molecule has 0 heterocycles. The highest BCUT2D eigenvalue weighted by atomic mass is 16.6. The van der Waals surface area contributed by atoms with Crippen LogP contribution in [0.1, 0.15) is 71.4 Å². The van der Waals surface area contributed by atoms with Crippen molar-refractivity contribution in [3.05, 3.63) is 70.8 Å². The van der Waals surface area contributed by atoms with Crippen molar-refractivity contribution in [2.24, 2.45) is 0 Å². The molecule has 28 heavy (non-hydrogen) atoms. The zero-order valence-electron chi connectivity index (χ0n) is 17.2. The van der Waals surface area contributed by atoms with Crippen molar-refractivity contribution in [2.45, 2.75) is 65.6 Å². The van der Waals surface area contributed by atoms with E-state index in [1.54, 1.807) is 12.1 Å². The van der Waals surface area contributed by atoms with E-state index in [4.69, 9.17) is 9.47 Å². The Labute approximate surface area is 167 Å². The molecule has 0 aliphatic carbocycles. The van der Waals surface area contributed by atoms with Gasteiger partial charge < -0.3 is 9.47 Å². The number of esters is 2.